The van der Waals surface area contributed by atoms with Gasteiger partial charge in [-0.05, 0) is 13.3 Å². The van der Waals surface area contributed by atoms with Crippen LogP contribution in [0.3, 0.4) is 0 Å². The number of rotatable bonds is 5. The molecular weight excluding hydrogens is 344 g/mol. The van der Waals surface area contributed by atoms with Crippen molar-refractivity contribution in [3.05, 3.63) is 12.7 Å². The van der Waals surface area contributed by atoms with Gasteiger partial charge in [-0.2, -0.15) is 0 Å². The van der Waals surface area contributed by atoms with E-state index >= 15 is 0 Å². The van der Waals surface area contributed by atoms with Gasteiger partial charge in [-0.1, -0.05) is 6.92 Å². The number of aliphatic hydroxyl groups excluding tert-OH is 3. The summed E-state index contributed by atoms with van der Waals surface area (Å²) in [5.41, 5.74) is 6.35. The number of nitrogen functional groups attached to an aromatic ring is 1. The van der Waals surface area contributed by atoms with Crippen LogP contribution in [0.15, 0.2) is 12.7 Å². The zero-order valence-corrected chi connectivity index (χ0v) is 14.4. The maximum Gasteiger partial charge on any atom is 0.251 e. The molecule has 11 nitrogen and oxygen atoms in total. The summed E-state index contributed by atoms with van der Waals surface area (Å²) in [5, 5.41) is 33.5. The third-order valence-corrected chi connectivity index (χ3v) is 4.52. The van der Waals surface area contributed by atoms with Crippen LogP contribution in [-0.4, -0.2) is 71.2 Å². The highest BCUT2D eigenvalue weighted by molar-refractivity contribution is 5.82. The van der Waals surface area contributed by atoms with Crippen LogP contribution < -0.4 is 11.1 Å². The lowest BCUT2D eigenvalue weighted by atomic mass is 10.0. The second kappa shape index (κ2) is 7.11. The Balaban J connectivity index is 1.83. The second-order valence-electron chi connectivity index (χ2n) is 6.32. The van der Waals surface area contributed by atoms with Crippen LogP contribution in [0, 0.1) is 0 Å². The number of carbonyl (C=O) groups excluding carboxylic acids is 1. The van der Waals surface area contributed by atoms with E-state index in [9.17, 15) is 20.1 Å². The molecule has 0 spiro atoms. The van der Waals surface area contributed by atoms with Crippen LogP contribution in [0.2, 0.25) is 0 Å². The summed E-state index contributed by atoms with van der Waals surface area (Å²) in [6.45, 7) is 3.67. The van der Waals surface area contributed by atoms with Crippen LogP contribution in [-0.2, 0) is 9.53 Å². The number of aliphatic hydroxyl groups is 3. The third kappa shape index (κ3) is 3.09. The standard InChI is InChI=1S/C15H22N6O5/c1-3-6(2)20-14(25)10(24)11-8(22)9(23)15(26-11)21-5-19-7-12(16)17-4-18-13(7)21/h4-6,8-11,15,22-24H,3H2,1-2H3,(H,20,25)(H2,16,17,18)/t6?,8-,9+,10?,11-,15+/m0/s1. The highest BCUT2D eigenvalue weighted by Crippen LogP contribution is 2.33. The Labute approximate surface area is 148 Å². The zero-order chi connectivity index (χ0) is 19.0. The average molecular weight is 366 g/mol. The molecule has 3 heterocycles. The molecule has 2 unspecified atom stereocenters. The molecule has 0 radical (unpaired) electrons. The van der Waals surface area contributed by atoms with E-state index in [1.165, 1.54) is 17.2 Å². The van der Waals surface area contributed by atoms with E-state index in [2.05, 4.69) is 20.3 Å². The SMILES string of the molecule is CCC(C)NC(=O)C(O)[C@H]1O[C@@H](n2cnc3c(N)ncnc32)[C@H](O)[C@@H]1O. The maximum absolute atomic E-state index is 12.1. The Kier molecular flexibility index (Phi) is 5.05. The molecule has 2 aromatic heterocycles. The number of nitrogens with two attached hydrogens (primary N) is 1. The largest absolute Gasteiger partial charge is 0.387 e. The van der Waals surface area contributed by atoms with E-state index < -0.39 is 36.6 Å². The molecular formula is C15H22N6O5. The fourth-order valence-corrected chi connectivity index (χ4v) is 2.81. The van der Waals surface area contributed by atoms with Crippen molar-refractivity contribution in [1.82, 2.24) is 24.8 Å². The van der Waals surface area contributed by atoms with Gasteiger partial charge in [0.1, 0.15) is 30.2 Å². The van der Waals surface area contributed by atoms with Crippen molar-refractivity contribution < 1.29 is 24.9 Å². The lowest BCUT2D eigenvalue weighted by Gasteiger charge is -2.22. The highest BCUT2D eigenvalue weighted by Gasteiger charge is 2.49. The number of imidazole rings is 1. The Morgan fingerprint density at radius 2 is 2.12 bits per heavy atom. The number of nitrogens with one attached hydrogen (secondary N) is 1. The van der Waals surface area contributed by atoms with Gasteiger partial charge in [-0.15, -0.1) is 0 Å². The van der Waals surface area contributed by atoms with Gasteiger partial charge < -0.3 is 31.1 Å². The minimum atomic E-state index is -1.65. The average Bonchev–Trinajstić information content (AvgIpc) is 3.17. The van der Waals surface area contributed by atoms with Gasteiger partial charge in [0.15, 0.2) is 23.8 Å². The number of hydrogen-bond donors (Lipinski definition) is 5. The number of aromatic nitrogens is 4. The number of anilines is 1. The van der Waals surface area contributed by atoms with Crippen molar-refractivity contribution >= 4 is 22.9 Å². The first-order valence-electron chi connectivity index (χ1n) is 8.28. The summed E-state index contributed by atoms with van der Waals surface area (Å²) in [7, 11) is 0. The van der Waals surface area contributed by atoms with Crippen molar-refractivity contribution in [3.63, 3.8) is 0 Å². The molecule has 1 aliphatic rings. The van der Waals surface area contributed by atoms with Crippen LogP contribution in [0.1, 0.15) is 26.5 Å². The molecule has 2 aromatic rings. The fraction of sp³-hybridized carbons (Fsp3) is 0.600. The first-order chi connectivity index (χ1) is 12.3. The van der Waals surface area contributed by atoms with Gasteiger partial charge in [-0.25, -0.2) is 15.0 Å². The van der Waals surface area contributed by atoms with Gasteiger partial charge in [0.25, 0.3) is 5.91 Å². The molecule has 1 saturated heterocycles. The lowest BCUT2D eigenvalue weighted by Crippen LogP contribution is -2.49. The van der Waals surface area contributed by atoms with Crippen molar-refractivity contribution in [2.75, 3.05) is 5.73 Å². The molecule has 11 heteroatoms. The van der Waals surface area contributed by atoms with Gasteiger partial charge >= 0.3 is 0 Å². The topological polar surface area (TPSA) is 169 Å². The van der Waals surface area contributed by atoms with Crippen molar-refractivity contribution in [2.24, 2.45) is 0 Å². The monoisotopic (exact) mass is 366 g/mol. The molecule has 1 fully saturated rings. The second-order valence-corrected chi connectivity index (χ2v) is 6.32. The maximum atomic E-state index is 12.1. The van der Waals surface area contributed by atoms with E-state index in [4.69, 9.17) is 10.5 Å². The molecule has 3 rings (SSSR count). The van der Waals surface area contributed by atoms with E-state index in [0.29, 0.717) is 17.6 Å². The number of hydrogen-bond acceptors (Lipinski definition) is 9. The summed E-state index contributed by atoms with van der Waals surface area (Å²) < 4.78 is 6.96. The molecule has 1 amide bonds. The summed E-state index contributed by atoms with van der Waals surface area (Å²) in [4.78, 5) is 24.1. The zero-order valence-electron chi connectivity index (χ0n) is 14.4. The van der Waals surface area contributed by atoms with E-state index in [-0.39, 0.29) is 11.9 Å². The molecule has 6 N–H and O–H groups in total. The summed E-state index contributed by atoms with van der Waals surface area (Å²) in [6.07, 6.45) is -3.68. The molecule has 0 aliphatic carbocycles. The molecule has 0 aromatic carbocycles. The van der Waals surface area contributed by atoms with Gasteiger partial charge in [0, 0.05) is 6.04 Å². The van der Waals surface area contributed by atoms with Crippen LogP contribution in [0.4, 0.5) is 5.82 Å². The molecule has 26 heavy (non-hydrogen) atoms. The Bertz CT molecular complexity index is 798. The van der Waals surface area contributed by atoms with E-state index in [1.807, 2.05) is 6.92 Å². The van der Waals surface area contributed by atoms with E-state index in [0.717, 1.165) is 0 Å². The van der Waals surface area contributed by atoms with Gasteiger partial charge in [0.2, 0.25) is 0 Å². The fourth-order valence-electron chi connectivity index (χ4n) is 2.81. The summed E-state index contributed by atoms with van der Waals surface area (Å²) in [5.74, 6) is -0.524. The number of carbonyl (C=O) groups is 1. The molecule has 142 valence electrons. The number of fused-ring (bicyclic) bond motifs is 1. The normalized spacial score (nSPS) is 28.2. The predicted molar refractivity (Wildman–Crippen MR) is 89.6 cm³/mol. The molecule has 0 bridgehead atoms. The van der Waals surface area contributed by atoms with Crippen LogP contribution in [0.5, 0.6) is 0 Å². The van der Waals surface area contributed by atoms with Crippen molar-refractivity contribution in [3.8, 4) is 0 Å². The smallest absolute Gasteiger partial charge is 0.251 e. The summed E-state index contributed by atoms with van der Waals surface area (Å²) >= 11 is 0. The first kappa shape index (κ1) is 18.5. The van der Waals surface area contributed by atoms with Gasteiger partial charge in [0.05, 0.1) is 6.33 Å². The Morgan fingerprint density at radius 3 is 2.81 bits per heavy atom. The minimum absolute atomic E-state index is 0.145. The molecule has 0 saturated carbocycles. The lowest BCUT2D eigenvalue weighted by molar-refractivity contribution is -0.144. The molecule has 6 atom stereocenters. The third-order valence-electron chi connectivity index (χ3n) is 4.52. The predicted octanol–water partition coefficient (Wildman–Crippen LogP) is -1.70. The quantitative estimate of drug-likeness (QED) is 0.414. The Morgan fingerprint density at radius 1 is 1.38 bits per heavy atom. The number of nitrogens with zero attached hydrogens (tertiary/aromatic N) is 4. The molecule has 1 aliphatic heterocycles. The summed E-state index contributed by atoms with van der Waals surface area (Å²) in [6, 6.07) is -0.145. The Hall–Kier alpha value is -2.34. The number of amides is 1. The van der Waals surface area contributed by atoms with E-state index in [1.54, 1.807) is 6.92 Å². The van der Waals surface area contributed by atoms with Crippen molar-refractivity contribution in [1.29, 1.82) is 0 Å². The van der Waals surface area contributed by atoms with Gasteiger partial charge in [-0.3, -0.25) is 9.36 Å². The minimum Gasteiger partial charge on any atom is -0.387 e. The van der Waals surface area contributed by atoms with Crippen LogP contribution in [0.25, 0.3) is 11.2 Å². The number of ether oxygens (including phenoxy) is 1. The first-order valence-corrected chi connectivity index (χ1v) is 8.28. The van der Waals surface area contributed by atoms with Crippen molar-refractivity contribution in [2.45, 2.75) is 57.0 Å². The van der Waals surface area contributed by atoms with Crippen LogP contribution >= 0.6 is 0 Å². The highest BCUT2D eigenvalue weighted by atomic mass is 16.6.